The Balaban J connectivity index is 1.72. The Kier molecular flexibility index (Phi) is 9.51. The lowest BCUT2D eigenvalue weighted by Crippen LogP contribution is -2.33. The molecule has 8 heteroatoms. The minimum Gasteiger partial charge on any atom is -0.497 e. The lowest BCUT2D eigenvalue weighted by molar-refractivity contribution is -0.126. The van der Waals surface area contributed by atoms with Gasteiger partial charge in [0.2, 0.25) is 0 Å². The molecule has 44 heavy (non-hydrogen) atoms. The molecule has 1 aromatic heterocycles. The molecule has 1 amide bonds. The first-order chi connectivity index (χ1) is 21.0. The molecule has 0 bridgehead atoms. The predicted molar refractivity (Wildman–Crippen MR) is 175 cm³/mol. The highest BCUT2D eigenvalue weighted by Crippen LogP contribution is 2.48. The van der Waals surface area contributed by atoms with Crippen molar-refractivity contribution in [2.24, 2.45) is 5.73 Å². The second kappa shape index (κ2) is 13.2. The number of likely N-dealkylation sites (N-methyl/N-ethyl adjacent to an activating group) is 1. The molecule has 0 radical (unpaired) electrons. The number of methoxy groups -OCH3 is 1. The molecule has 1 aliphatic heterocycles. The first-order valence-electron chi connectivity index (χ1n) is 15.8. The number of benzene rings is 2. The highest BCUT2D eigenvalue weighted by Gasteiger charge is 2.33. The quantitative estimate of drug-likeness (QED) is 0.221. The number of hydrogen-bond donors (Lipinski definition) is 1. The van der Waals surface area contributed by atoms with Crippen LogP contribution in [0.3, 0.4) is 0 Å². The minimum atomic E-state index is -0.606. The third-order valence-corrected chi connectivity index (χ3v) is 8.84. The molecular formula is C36H47N3O5. The Labute approximate surface area is 261 Å². The van der Waals surface area contributed by atoms with E-state index >= 15 is 0 Å². The van der Waals surface area contributed by atoms with Gasteiger partial charge in [-0.1, -0.05) is 25.3 Å². The van der Waals surface area contributed by atoms with E-state index in [1.807, 2.05) is 59.0 Å². The molecule has 2 aromatic carbocycles. The van der Waals surface area contributed by atoms with Gasteiger partial charge in [-0.15, -0.1) is 0 Å². The number of hydrogen-bond acceptors (Lipinski definition) is 6. The average molecular weight is 602 g/mol. The third kappa shape index (κ3) is 6.42. The van der Waals surface area contributed by atoms with Gasteiger partial charge in [-0.3, -0.25) is 4.79 Å². The Morgan fingerprint density at radius 3 is 2.45 bits per heavy atom. The molecular weight excluding hydrogens is 554 g/mol. The standard InChI is InChI=1S/C36H47N3O5/c1-23-29-21-26(42-6)13-15-27(29)33-32(24-10-8-7-9-11-24)28-14-12-25(35(41)44-36(2,3)4)20-31(28)39(33)22-30(23)34(40)38(5)17-19-43-18-16-37/h12-15,20-21,24H,7-11,16-19,22,37H2,1-6H3. The molecule has 1 saturated carbocycles. The Bertz CT molecular complexity index is 1570. The average Bonchev–Trinajstić information content (AvgIpc) is 3.26. The number of ether oxygens (including phenoxy) is 3. The summed E-state index contributed by atoms with van der Waals surface area (Å²) >= 11 is 0. The molecule has 5 rings (SSSR count). The molecule has 0 unspecified atom stereocenters. The number of esters is 1. The fourth-order valence-corrected chi connectivity index (χ4v) is 6.65. The summed E-state index contributed by atoms with van der Waals surface area (Å²) in [5, 5.41) is 1.14. The number of rotatable bonds is 9. The summed E-state index contributed by atoms with van der Waals surface area (Å²) in [5.74, 6) is 0.733. The zero-order valence-corrected chi connectivity index (χ0v) is 27.1. The zero-order valence-electron chi connectivity index (χ0n) is 27.1. The van der Waals surface area contributed by atoms with E-state index in [0.29, 0.717) is 49.9 Å². The SMILES string of the molecule is COc1ccc2c(c1)C(C)=C(C(=O)N(C)CCOCCN)Cn1c-2c(C2CCCCC2)c2ccc(C(=O)OC(C)(C)C)cc21. The van der Waals surface area contributed by atoms with E-state index in [1.165, 1.54) is 24.8 Å². The van der Waals surface area contributed by atoms with Gasteiger partial charge in [-0.25, -0.2) is 4.79 Å². The van der Waals surface area contributed by atoms with E-state index in [2.05, 4.69) is 16.7 Å². The summed E-state index contributed by atoms with van der Waals surface area (Å²) in [6.45, 7) is 9.82. The zero-order chi connectivity index (χ0) is 31.6. The van der Waals surface area contributed by atoms with Crippen LogP contribution in [-0.2, 0) is 20.8 Å². The summed E-state index contributed by atoms with van der Waals surface area (Å²) in [4.78, 5) is 29.1. The number of fused-ring (bicyclic) bond motifs is 5. The molecule has 1 fully saturated rings. The normalized spacial score (nSPS) is 15.5. The topological polar surface area (TPSA) is 96.0 Å². The van der Waals surface area contributed by atoms with Gasteiger partial charge in [-0.2, -0.15) is 0 Å². The number of aromatic nitrogens is 1. The Morgan fingerprint density at radius 1 is 1.02 bits per heavy atom. The monoisotopic (exact) mass is 601 g/mol. The summed E-state index contributed by atoms with van der Waals surface area (Å²) < 4.78 is 19.3. The van der Waals surface area contributed by atoms with Crippen molar-refractivity contribution in [3.63, 3.8) is 0 Å². The predicted octanol–water partition coefficient (Wildman–Crippen LogP) is 6.54. The highest BCUT2D eigenvalue weighted by molar-refractivity contribution is 6.06. The van der Waals surface area contributed by atoms with Gasteiger partial charge in [0.05, 0.1) is 38.1 Å². The summed E-state index contributed by atoms with van der Waals surface area (Å²) in [6.07, 6.45) is 5.88. The largest absolute Gasteiger partial charge is 0.497 e. The van der Waals surface area contributed by atoms with Crippen LogP contribution in [0.4, 0.5) is 0 Å². The second-order valence-corrected chi connectivity index (χ2v) is 13.1. The molecule has 0 saturated heterocycles. The first-order valence-corrected chi connectivity index (χ1v) is 15.8. The van der Waals surface area contributed by atoms with Crippen LogP contribution in [0.1, 0.15) is 87.2 Å². The van der Waals surface area contributed by atoms with Crippen molar-refractivity contribution < 1.29 is 23.8 Å². The van der Waals surface area contributed by atoms with Gasteiger partial charge < -0.3 is 29.4 Å². The van der Waals surface area contributed by atoms with Crippen molar-refractivity contribution in [1.29, 1.82) is 0 Å². The lowest BCUT2D eigenvalue weighted by Gasteiger charge is -2.24. The maximum atomic E-state index is 14.1. The van der Waals surface area contributed by atoms with Crippen molar-refractivity contribution in [3.05, 3.63) is 58.7 Å². The van der Waals surface area contributed by atoms with Crippen molar-refractivity contribution in [2.45, 2.75) is 77.9 Å². The summed E-state index contributed by atoms with van der Waals surface area (Å²) in [5.41, 5.74) is 12.6. The number of allylic oxidation sites excluding steroid dienone is 1. The van der Waals surface area contributed by atoms with Crippen LogP contribution in [0, 0.1) is 0 Å². The molecule has 236 valence electrons. The molecule has 2 aliphatic rings. The lowest BCUT2D eigenvalue weighted by atomic mass is 9.81. The molecule has 1 aliphatic carbocycles. The fourth-order valence-electron chi connectivity index (χ4n) is 6.65. The summed E-state index contributed by atoms with van der Waals surface area (Å²) in [7, 11) is 3.48. The van der Waals surface area contributed by atoms with Crippen LogP contribution in [0.2, 0.25) is 0 Å². The molecule has 8 nitrogen and oxygen atoms in total. The highest BCUT2D eigenvalue weighted by atomic mass is 16.6. The van der Waals surface area contributed by atoms with Crippen molar-refractivity contribution in [2.75, 3.05) is 40.5 Å². The summed E-state index contributed by atoms with van der Waals surface area (Å²) in [6, 6.07) is 12.1. The van der Waals surface area contributed by atoms with Crippen molar-refractivity contribution in [3.8, 4) is 17.0 Å². The maximum Gasteiger partial charge on any atom is 0.338 e. The second-order valence-electron chi connectivity index (χ2n) is 13.1. The van der Waals surface area contributed by atoms with Gasteiger partial charge in [-0.05, 0) is 93.5 Å². The number of nitrogens with zero attached hydrogens (tertiary/aromatic N) is 2. The Morgan fingerprint density at radius 2 is 1.77 bits per heavy atom. The number of carbonyl (C=O) groups excluding carboxylic acids is 2. The van der Waals surface area contributed by atoms with Crippen LogP contribution < -0.4 is 10.5 Å². The molecule has 3 aromatic rings. The van der Waals surface area contributed by atoms with Gasteiger partial charge in [0.15, 0.2) is 0 Å². The fraction of sp³-hybridized carbons (Fsp3) is 0.500. The maximum absolute atomic E-state index is 14.1. The van der Waals surface area contributed by atoms with E-state index in [1.54, 1.807) is 12.0 Å². The van der Waals surface area contributed by atoms with Crippen LogP contribution >= 0.6 is 0 Å². The number of amides is 1. The van der Waals surface area contributed by atoms with E-state index in [9.17, 15) is 9.59 Å². The van der Waals surface area contributed by atoms with E-state index < -0.39 is 5.60 Å². The molecule has 2 N–H and O–H groups in total. The van der Waals surface area contributed by atoms with Crippen LogP contribution in [0.5, 0.6) is 5.75 Å². The van der Waals surface area contributed by atoms with Gasteiger partial charge in [0.1, 0.15) is 11.4 Å². The first kappa shape index (κ1) is 31.8. The third-order valence-electron chi connectivity index (χ3n) is 8.84. The van der Waals surface area contributed by atoms with Crippen LogP contribution in [0.25, 0.3) is 27.7 Å². The van der Waals surface area contributed by atoms with Crippen molar-refractivity contribution in [1.82, 2.24) is 9.47 Å². The Hall–Kier alpha value is -3.62. The minimum absolute atomic E-state index is 0.0511. The van der Waals surface area contributed by atoms with Crippen molar-refractivity contribution >= 4 is 28.4 Å². The van der Waals surface area contributed by atoms with E-state index in [0.717, 1.165) is 51.9 Å². The van der Waals surface area contributed by atoms with Gasteiger partial charge in [0, 0.05) is 42.2 Å². The number of carbonyl (C=O) groups is 2. The molecule has 2 heterocycles. The van der Waals surface area contributed by atoms with Gasteiger partial charge in [0.25, 0.3) is 5.91 Å². The molecule has 0 spiro atoms. The van der Waals surface area contributed by atoms with Crippen LogP contribution in [-0.4, -0.2) is 67.4 Å². The van der Waals surface area contributed by atoms with Crippen LogP contribution in [0.15, 0.2) is 42.0 Å². The number of nitrogens with two attached hydrogens (primary N) is 1. The molecule has 0 atom stereocenters. The smallest absolute Gasteiger partial charge is 0.338 e. The van der Waals surface area contributed by atoms with E-state index in [-0.39, 0.29) is 11.9 Å². The van der Waals surface area contributed by atoms with Gasteiger partial charge >= 0.3 is 5.97 Å². The van der Waals surface area contributed by atoms with E-state index in [4.69, 9.17) is 19.9 Å².